The Morgan fingerprint density at radius 3 is 2.44 bits per heavy atom. The molecular weight excluding hydrogens is 226 g/mol. The largest absolute Gasteiger partial charge is 0.487 e. The third kappa shape index (κ3) is 2.74. The van der Waals surface area contributed by atoms with Gasteiger partial charge in [0.1, 0.15) is 18.1 Å². The molecule has 0 aliphatic heterocycles. The van der Waals surface area contributed by atoms with Gasteiger partial charge >= 0.3 is 0 Å². The first kappa shape index (κ1) is 12.3. The van der Waals surface area contributed by atoms with Gasteiger partial charge in [-0.25, -0.2) is 4.98 Å². The van der Waals surface area contributed by atoms with E-state index < -0.39 is 0 Å². The maximum absolute atomic E-state index is 10.5. The number of hydrogen-bond acceptors (Lipinski definition) is 3. The van der Waals surface area contributed by atoms with Crippen molar-refractivity contribution in [3.8, 4) is 5.75 Å². The van der Waals surface area contributed by atoms with E-state index in [4.69, 9.17) is 4.74 Å². The monoisotopic (exact) mass is 241 g/mol. The zero-order valence-corrected chi connectivity index (χ0v) is 10.5. The van der Waals surface area contributed by atoms with Crippen LogP contribution in [0.25, 0.3) is 0 Å². The molecule has 18 heavy (non-hydrogen) atoms. The van der Waals surface area contributed by atoms with Gasteiger partial charge in [0.05, 0.1) is 6.20 Å². The Morgan fingerprint density at radius 1 is 1.17 bits per heavy atom. The molecule has 3 heteroatoms. The Labute approximate surface area is 106 Å². The number of pyridine rings is 1. The maximum atomic E-state index is 10.5. The van der Waals surface area contributed by atoms with Crippen LogP contribution in [0.3, 0.4) is 0 Å². The van der Waals surface area contributed by atoms with Gasteiger partial charge in [0, 0.05) is 0 Å². The second-order valence-corrected chi connectivity index (χ2v) is 4.20. The molecule has 1 heterocycles. The quantitative estimate of drug-likeness (QED) is 0.772. The summed E-state index contributed by atoms with van der Waals surface area (Å²) in [6.07, 6.45) is 2.28. The molecule has 2 aromatic rings. The number of aldehydes is 1. The first-order valence-corrected chi connectivity index (χ1v) is 5.80. The van der Waals surface area contributed by atoms with E-state index in [2.05, 4.69) is 31.0 Å². The number of benzene rings is 1. The molecule has 0 N–H and O–H groups in total. The topological polar surface area (TPSA) is 39.2 Å². The highest BCUT2D eigenvalue weighted by atomic mass is 16.5. The standard InChI is InChI=1S/C15H15NO2/c1-11-4-3-5-12(2)15(11)10-18-14-7-6-13(9-17)16-8-14/h3-9H,10H2,1-2H3. The first-order valence-electron chi connectivity index (χ1n) is 5.80. The number of nitrogens with zero attached hydrogens (tertiary/aromatic N) is 1. The van der Waals surface area contributed by atoms with Crippen LogP contribution in [0.2, 0.25) is 0 Å². The number of ether oxygens (including phenoxy) is 1. The van der Waals surface area contributed by atoms with Crippen molar-refractivity contribution in [2.24, 2.45) is 0 Å². The van der Waals surface area contributed by atoms with Gasteiger partial charge in [-0.1, -0.05) is 18.2 Å². The minimum absolute atomic E-state index is 0.412. The lowest BCUT2D eigenvalue weighted by Gasteiger charge is -2.11. The third-order valence-corrected chi connectivity index (χ3v) is 2.91. The lowest BCUT2D eigenvalue weighted by atomic mass is 10.0. The molecule has 0 aliphatic rings. The summed E-state index contributed by atoms with van der Waals surface area (Å²) < 4.78 is 5.67. The van der Waals surface area contributed by atoms with Crippen molar-refractivity contribution in [3.63, 3.8) is 0 Å². The molecule has 0 unspecified atom stereocenters. The third-order valence-electron chi connectivity index (χ3n) is 2.91. The summed E-state index contributed by atoms with van der Waals surface area (Å²) in [5, 5.41) is 0. The Kier molecular flexibility index (Phi) is 3.72. The smallest absolute Gasteiger partial charge is 0.168 e. The number of carbonyl (C=O) groups is 1. The molecule has 0 bridgehead atoms. The lowest BCUT2D eigenvalue weighted by molar-refractivity contribution is 0.111. The molecule has 0 spiro atoms. The van der Waals surface area contributed by atoms with Crippen molar-refractivity contribution in [2.45, 2.75) is 20.5 Å². The van der Waals surface area contributed by atoms with Crippen LogP contribution in [0.1, 0.15) is 27.2 Å². The molecule has 0 saturated heterocycles. The van der Waals surface area contributed by atoms with Crippen LogP contribution in [0.4, 0.5) is 0 Å². The van der Waals surface area contributed by atoms with E-state index in [0.29, 0.717) is 18.1 Å². The average Bonchev–Trinajstić information content (AvgIpc) is 2.39. The summed E-state index contributed by atoms with van der Waals surface area (Å²) in [6, 6.07) is 9.57. The number of carbonyl (C=O) groups excluding carboxylic acids is 1. The van der Waals surface area contributed by atoms with Crippen molar-refractivity contribution in [3.05, 3.63) is 58.9 Å². The molecular formula is C15H15NO2. The predicted molar refractivity (Wildman–Crippen MR) is 69.9 cm³/mol. The van der Waals surface area contributed by atoms with E-state index in [1.165, 1.54) is 16.7 Å². The minimum Gasteiger partial charge on any atom is -0.487 e. The van der Waals surface area contributed by atoms with Crippen LogP contribution in [-0.4, -0.2) is 11.3 Å². The van der Waals surface area contributed by atoms with Gasteiger partial charge in [-0.2, -0.15) is 0 Å². The summed E-state index contributed by atoms with van der Waals surface area (Å²) in [5.74, 6) is 0.670. The number of aromatic nitrogens is 1. The second kappa shape index (κ2) is 5.45. The van der Waals surface area contributed by atoms with Crippen LogP contribution < -0.4 is 4.74 Å². The van der Waals surface area contributed by atoms with Crippen molar-refractivity contribution < 1.29 is 9.53 Å². The van der Waals surface area contributed by atoms with Crippen LogP contribution in [0.15, 0.2) is 36.5 Å². The second-order valence-electron chi connectivity index (χ2n) is 4.20. The summed E-state index contributed by atoms with van der Waals surface area (Å²) in [6.45, 7) is 4.65. The van der Waals surface area contributed by atoms with Crippen molar-refractivity contribution in [2.75, 3.05) is 0 Å². The van der Waals surface area contributed by atoms with Crippen LogP contribution in [0.5, 0.6) is 5.75 Å². The Bertz CT molecular complexity index is 527. The van der Waals surface area contributed by atoms with Gasteiger partial charge < -0.3 is 4.74 Å². The fourth-order valence-electron chi connectivity index (χ4n) is 1.78. The minimum atomic E-state index is 0.412. The summed E-state index contributed by atoms with van der Waals surface area (Å²) in [4.78, 5) is 14.4. The lowest BCUT2D eigenvalue weighted by Crippen LogP contribution is -2.01. The molecule has 1 aromatic heterocycles. The average molecular weight is 241 g/mol. The van der Waals surface area contributed by atoms with E-state index in [-0.39, 0.29) is 0 Å². The van der Waals surface area contributed by atoms with Gasteiger partial charge in [0.2, 0.25) is 0 Å². The van der Waals surface area contributed by atoms with Crippen LogP contribution in [0, 0.1) is 13.8 Å². The first-order chi connectivity index (χ1) is 8.70. The highest BCUT2D eigenvalue weighted by Gasteiger charge is 2.03. The Balaban J connectivity index is 2.09. The zero-order valence-electron chi connectivity index (χ0n) is 10.5. The number of aryl methyl sites for hydroxylation is 2. The number of rotatable bonds is 4. The fraction of sp³-hybridized carbons (Fsp3) is 0.200. The van der Waals surface area contributed by atoms with Crippen molar-refractivity contribution in [1.82, 2.24) is 4.98 Å². The van der Waals surface area contributed by atoms with Crippen molar-refractivity contribution >= 4 is 6.29 Å². The van der Waals surface area contributed by atoms with E-state index in [0.717, 1.165) is 6.29 Å². The Hall–Kier alpha value is -2.16. The Morgan fingerprint density at radius 2 is 1.89 bits per heavy atom. The van der Waals surface area contributed by atoms with E-state index in [1.54, 1.807) is 18.3 Å². The molecule has 0 radical (unpaired) electrons. The molecule has 3 nitrogen and oxygen atoms in total. The van der Waals surface area contributed by atoms with Crippen molar-refractivity contribution in [1.29, 1.82) is 0 Å². The van der Waals surface area contributed by atoms with Gasteiger partial charge in [0.25, 0.3) is 0 Å². The molecule has 1 aromatic carbocycles. The molecule has 92 valence electrons. The summed E-state index contributed by atoms with van der Waals surface area (Å²) in [7, 11) is 0. The van der Waals surface area contributed by atoms with Gasteiger partial charge in [-0.15, -0.1) is 0 Å². The maximum Gasteiger partial charge on any atom is 0.168 e. The zero-order chi connectivity index (χ0) is 13.0. The van der Waals surface area contributed by atoms with E-state index in [1.807, 2.05) is 6.07 Å². The molecule has 0 saturated carbocycles. The SMILES string of the molecule is Cc1cccc(C)c1COc1ccc(C=O)nc1. The van der Waals surface area contributed by atoms with Crippen LogP contribution in [-0.2, 0) is 6.61 Å². The van der Waals surface area contributed by atoms with Gasteiger partial charge in [-0.05, 0) is 42.7 Å². The highest BCUT2D eigenvalue weighted by Crippen LogP contribution is 2.17. The van der Waals surface area contributed by atoms with Gasteiger partial charge in [-0.3, -0.25) is 4.79 Å². The van der Waals surface area contributed by atoms with Crippen LogP contribution >= 0.6 is 0 Å². The summed E-state index contributed by atoms with van der Waals surface area (Å²) in [5.41, 5.74) is 4.03. The molecule has 0 atom stereocenters. The molecule has 0 amide bonds. The normalized spacial score (nSPS) is 10.1. The molecule has 0 fully saturated rings. The van der Waals surface area contributed by atoms with Gasteiger partial charge in [0.15, 0.2) is 6.29 Å². The highest BCUT2D eigenvalue weighted by molar-refractivity contribution is 5.71. The fourth-order valence-corrected chi connectivity index (χ4v) is 1.78. The number of hydrogen-bond donors (Lipinski definition) is 0. The summed E-state index contributed by atoms with van der Waals surface area (Å²) >= 11 is 0. The molecule has 2 rings (SSSR count). The molecule has 0 aliphatic carbocycles. The van der Waals surface area contributed by atoms with E-state index in [9.17, 15) is 4.79 Å². The predicted octanol–water partition coefficient (Wildman–Crippen LogP) is 3.09. The van der Waals surface area contributed by atoms with E-state index >= 15 is 0 Å².